The van der Waals surface area contributed by atoms with Gasteiger partial charge in [0, 0.05) is 30.4 Å². The topological polar surface area (TPSA) is 32.3 Å². The Balaban J connectivity index is 0.00000208. The molecule has 24 heavy (non-hydrogen) atoms. The molecule has 0 saturated carbocycles. The van der Waals surface area contributed by atoms with Crippen LogP contribution in [-0.2, 0) is 6.42 Å². The maximum atomic E-state index is 14.0. The van der Waals surface area contributed by atoms with Gasteiger partial charge in [-0.3, -0.25) is 4.79 Å². The third-order valence-electron chi connectivity index (χ3n) is 4.58. The molecule has 1 heterocycles. The van der Waals surface area contributed by atoms with Crippen molar-refractivity contribution >= 4 is 24.0 Å². The fourth-order valence-electron chi connectivity index (χ4n) is 3.10. The van der Waals surface area contributed by atoms with Crippen LogP contribution in [0.3, 0.4) is 0 Å². The molecule has 1 amide bonds. The van der Waals surface area contributed by atoms with Crippen molar-refractivity contribution in [2.45, 2.75) is 25.8 Å². The summed E-state index contributed by atoms with van der Waals surface area (Å²) < 4.78 is 14.0. The Morgan fingerprint density at radius 2 is 1.96 bits per heavy atom. The molecule has 1 aliphatic rings. The highest BCUT2D eigenvalue weighted by atomic mass is 35.5. The van der Waals surface area contributed by atoms with Crippen molar-refractivity contribution < 1.29 is 9.18 Å². The number of halogens is 2. The summed E-state index contributed by atoms with van der Waals surface area (Å²) in [4.78, 5) is 14.5. The van der Waals surface area contributed by atoms with Gasteiger partial charge in [0.2, 0.25) is 0 Å². The average molecular weight is 349 g/mol. The molecule has 2 aromatic rings. The van der Waals surface area contributed by atoms with Gasteiger partial charge in [0.15, 0.2) is 0 Å². The van der Waals surface area contributed by atoms with Crippen LogP contribution in [0.15, 0.2) is 42.5 Å². The zero-order valence-corrected chi connectivity index (χ0v) is 14.7. The zero-order chi connectivity index (χ0) is 16.4. The molecule has 0 aromatic heterocycles. The molecule has 128 valence electrons. The quantitative estimate of drug-likeness (QED) is 0.889. The van der Waals surface area contributed by atoms with E-state index in [2.05, 4.69) is 5.32 Å². The van der Waals surface area contributed by atoms with Crippen LogP contribution in [0.25, 0.3) is 0 Å². The number of anilines is 1. The van der Waals surface area contributed by atoms with E-state index in [4.69, 9.17) is 0 Å². The van der Waals surface area contributed by atoms with E-state index in [1.165, 1.54) is 6.07 Å². The predicted octanol–water partition coefficient (Wildman–Crippen LogP) is 4.44. The van der Waals surface area contributed by atoms with Gasteiger partial charge in [-0.15, -0.1) is 12.4 Å². The molecular weight excluding hydrogens is 327 g/mol. The highest BCUT2D eigenvalue weighted by Gasteiger charge is 2.24. The normalized spacial score (nSPS) is 14.0. The first-order chi connectivity index (χ1) is 11.1. The molecule has 1 aliphatic heterocycles. The Hall–Kier alpha value is -2.07. The van der Waals surface area contributed by atoms with Gasteiger partial charge < -0.3 is 10.2 Å². The number of carbonyl (C=O) groups is 1. The fraction of sp³-hybridized carbons (Fsp3) is 0.316. The monoisotopic (exact) mass is 348 g/mol. The first-order valence-electron chi connectivity index (χ1n) is 7.97. The first kappa shape index (κ1) is 18.3. The highest BCUT2D eigenvalue weighted by molar-refractivity contribution is 5.97. The number of fused-ring (bicyclic) bond motifs is 1. The van der Waals surface area contributed by atoms with E-state index in [9.17, 15) is 9.18 Å². The van der Waals surface area contributed by atoms with Gasteiger partial charge in [-0.25, -0.2) is 4.39 Å². The van der Waals surface area contributed by atoms with Crippen molar-refractivity contribution in [3.05, 3.63) is 65.0 Å². The lowest BCUT2D eigenvalue weighted by molar-refractivity contribution is 0.0739. The van der Waals surface area contributed by atoms with Gasteiger partial charge >= 0.3 is 0 Å². The number of nitrogens with zero attached hydrogens (tertiary/aromatic N) is 1. The molecule has 1 unspecified atom stereocenters. The van der Waals surface area contributed by atoms with Crippen LogP contribution in [-0.4, -0.2) is 24.4 Å². The number of hydrogen-bond donors (Lipinski definition) is 1. The van der Waals surface area contributed by atoms with Crippen molar-refractivity contribution in [1.29, 1.82) is 0 Å². The molecule has 0 aliphatic carbocycles. The lowest BCUT2D eigenvalue weighted by Gasteiger charge is -2.28. The number of benzene rings is 2. The smallest absolute Gasteiger partial charge is 0.254 e. The second kappa shape index (κ2) is 7.67. The molecule has 1 atom stereocenters. The molecule has 0 radical (unpaired) electrons. The minimum Gasteiger partial charge on any atom is -0.385 e. The van der Waals surface area contributed by atoms with Crippen molar-refractivity contribution in [1.82, 2.24) is 4.90 Å². The van der Waals surface area contributed by atoms with E-state index in [-0.39, 0.29) is 30.2 Å². The van der Waals surface area contributed by atoms with E-state index in [0.29, 0.717) is 11.1 Å². The van der Waals surface area contributed by atoms with E-state index >= 15 is 0 Å². The summed E-state index contributed by atoms with van der Waals surface area (Å²) in [5.41, 5.74) is 3.34. The standard InChI is InChI=1S/C19H21FN2O.ClH/c1-13(14-7-3-4-10-17(14)20)22(2)19(23)16-8-5-11-18-15(16)9-6-12-21-18;/h3-5,7-8,10-11,13,21H,6,9,12H2,1-2H3;1H. The number of hydrogen-bond acceptors (Lipinski definition) is 2. The van der Waals surface area contributed by atoms with Gasteiger partial charge in [-0.1, -0.05) is 24.3 Å². The second-order valence-electron chi connectivity index (χ2n) is 5.98. The Kier molecular flexibility index (Phi) is 5.84. The summed E-state index contributed by atoms with van der Waals surface area (Å²) in [6.45, 7) is 2.79. The van der Waals surface area contributed by atoms with Crippen LogP contribution < -0.4 is 5.32 Å². The number of nitrogens with one attached hydrogen (secondary N) is 1. The van der Waals surface area contributed by atoms with E-state index in [1.807, 2.05) is 25.1 Å². The van der Waals surface area contributed by atoms with Crippen LogP contribution in [0.4, 0.5) is 10.1 Å². The summed E-state index contributed by atoms with van der Waals surface area (Å²) in [7, 11) is 1.73. The predicted molar refractivity (Wildman–Crippen MR) is 97.4 cm³/mol. The number of carbonyl (C=O) groups excluding carboxylic acids is 1. The Bertz CT molecular complexity index is 735. The second-order valence-corrected chi connectivity index (χ2v) is 5.98. The number of rotatable bonds is 3. The molecule has 3 nitrogen and oxygen atoms in total. The molecular formula is C19H22ClFN2O. The van der Waals surface area contributed by atoms with E-state index in [1.54, 1.807) is 30.1 Å². The molecule has 0 bridgehead atoms. The van der Waals surface area contributed by atoms with Crippen LogP contribution in [0.5, 0.6) is 0 Å². The molecule has 0 spiro atoms. The van der Waals surface area contributed by atoms with Crippen LogP contribution >= 0.6 is 12.4 Å². The maximum absolute atomic E-state index is 14.0. The summed E-state index contributed by atoms with van der Waals surface area (Å²) in [5.74, 6) is -0.349. The summed E-state index contributed by atoms with van der Waals surface area (Å²) >= 11 is 0. The minimum absolute atomic E-state index is 0. The molecule has 5 heteroatoms. The Morgan fingerprint density at radius 3 is 2.71 bits per heavy atom. The van der Waals surface area contributed by atoms with Gasteiger partial charge in [0.1, 0.15) is 5.82 Å². The van der Waals surface area contributed by atoms with Crippen molar-refractivity contribution in [3.63, 3.8) is 0 Å². The average Bonchev–Trinajstić information content (AvgIpc) is 2.60. The van der Waals surface area contributed by atoms with Gasteiger partial charge in [0.05, 0.1) is 6.04 Å². The molecule has 0 saturated heterocycles. The summed E-state index contributed by atoms with van der Waals surface area (Å²) in [6.07, 6.45) is 1.91. The van der Waals surface area contributed by atoms with Crippen molar-refractivity contribution in [2.75, 3.05) is 18.9 Å². The summed E-state index contributed by atoms with van der Waals surface area (Å²) in [5, 5.41) is 3.34. The van der Waals surface area contributed by atoms with Crippen LogP contribution in [0, 0.1) is 5.82 Å². The lowest BCUT2D eigenvalue weighted by atomic mass is 9.96. The van der Waals surface area contributed by atoms with Gasteiger partial charge in [-0.2, -0.15) is 0 Å². The van der Waals surface area contributed by atoms with Crippen molar-refractivity contribution in [2.24, 2.45) is 0 Å². The number of amides is 1. The SMILES string of the molecule is CC(c1ccccc1F)N(C)C(=O)c1cccc2c1CCCN2.Cl. The summed E-state index contributed by atoms with van der Waals surface area (Å²) in [6, 6.07) is 12.0. The third-order valence-corrected chi connectivity index (χ3v) is 4.58. The van der Waals surface area contributed by atoms with Gasteiger partial charge in [-0.05, 0) is 43.5 Å². The van der Waals surface area contributed by atoms with Gasteiger partial charge in [0.25, 0.3) is 5.91 Å². The molecule has 0 fully saturated rings. The molecule has 3 rings (SSSR count). The van der Waals surface area contributed by atoms with E-state index < -0.39 is 0 Å². The third kappa shape index (κ3) is 3.39. The zero-order valence-electron chi connectivity index (χ0n) is 13.9. The minimum atomic E-state index is -0.323. The van der Waals surface area contributed by atoms with E-state index in [0.717, 1.165) is 30.6 Å². The largest absolute Gasteiger partial charge is 0.385 e. The first-order valence-corrected chi connectivity index (χ1v) is 7.97. The molecule has 1 N–H and O–H groups in total. The molecule has 2 aromatic carbocycles. The van der Waals surface area contributed by atoms with Crippen molar-refractivity contribution in [3.8, 4) is 0 Å². The Labute approximate surface area is 148 Å². The lowest BCUT2D eigenvalue weighted by Crippen LogP contribution is -2.31. The fourth-order valence-corrected chi connectivity index (χ4v) is 3.10. The van der Waals surface area contributed by atoms with Crippen LogP contribution in [0.1, 0.15) is 40.9 Å². The van der Waals surface area contributed by atoms with Crippen LogP contribution in [0.2, 0.25) is 0 Å². The highest BCUT2D eigenvalue weighted by Crippen LogP contribution is 2.29. The maximum Gasteiger partial charge on any atom is 0.254 e. The Morgan fingerprint density at radius 1 is 1.21 bits per heavy atom.